The van der Waals surface area contributed by atoms with Crippen molar-refractivity contribution < 1.29 is 19.1 Å². The van der Waals surface area contributed by atoms with Crippen LogP contribution in [0, 0.1) is 0 Å². The Morgan fingerprint density at radius 1 is 1.28 bits per heavy atom. The predicted molar refractivity (Wildman–Crippen MR) is 67.1 cm³/mol. The van der Waals surface area contributed by atoms with Gasteiger partial charge in [0.2, 0.25) is 5.91 Å². The quantitative estimate of drug-likeness (QED) is 0.646. The molecule has 0 atom stereocenters. The Morgan fingerprint density at radius 2 is 1.94 bits per heavy atom. The van der Waals surface area contributed by atoms with Gasteiger partial charge in [-0.25, -0.2) is 0 Å². The lowest BCUT2D eigenvalue weighted by molar-refractivity contribution is -0.145. The van der Waals surface area contributed by atoms with Gasteiger partial charge in [0, 0.05) is 19.7 Å². The Morgan fingerprint density at radius 3 is 2.50 bits per heavy atom. The van der Waals surface area contributed by atoms with Crippen molar-refractivity contribution in [3.8, 4) is 0 Å². The first kappa shape index (κ1) is 15.0. The van der Waals surface area contributed by atoms with Gasteiger partial charge in [0.25, 0.3) is 0 Å². The fourth-order valence-electron chi connectivity index (χ4n) is 2.38. The largest absolute Gasteiger partial charge is 0.466 e. The highest BCUT2D eigenvalue weighted by molar-refractivity contribution is 5.78. The van der Waals surface area contributed by atoms with E-state index in [0.29, 0.717) is 13.2 Å². The van der Waals surface area contributed by atoms with Crippen LogP contribution in [0.5, 0.6) is 0 Å². The summed E-state index contributed by atoms with van der Waals surface area (Å²) in [6.07, 6.45) is 4.62. The second kappa shape index (κ2) is 8.08. The summed E-state index contributed by atoms with van der Waals surface area (Å²) in [6, 6.07) is 0.266. The van der Waals surface area contributed by atoms with E-state index in [1.54, 1.807) is 11.8 Å². The minimum absolute atomic E-state index is 0.0336. The van der Waals surface area contributed by atoms with E-state index in [0.717, 1.165) is 25.7 Å². The Kier molecular flexibility index (Phi) is 6.72. The number of rotatable bonds is 7. The maximum atomic E-state index is 11.9. The van der Waals surface area contributed by atoms with Gasteiger partial charge < -0.3 is 14.4 Å². The van der Waals surface area contributed by atoms with Gasteiger partial charge in [0.05, 0.1) is 13.0 Å². The van der Waals surface area contributed by atoms with Gasteiger partial charge >= 0.3 is 5.97 Å². The van der Waals surface area contributed by atoms with Crippen molar-refractivity contribution >= 4 is 11.9 Å². The molecule has 0 aliphatic heterocycles. The van der Waals surface area contributed by atoms with Crippen LogP contribution in [0.4, 0.5) is 0 Å². The third-order valence-electron chi connectivity index (χ3n) is 3.22. The number of hydrogen-bond donors (Lipinski definition) is 0. The Labute approximate surface area is 108 Å². The Balaban J connectivity index is 2.48. The third-order valence-corrected chi connectivity index (χ3v) is 3.22. The van der Waals surface area contributed by atoms with Crippen molar-refractivity contribution in [3.63, 3.8) is 0 Å². The minimum atomic E-state index is -0.245. The summed E-state index contributed by atoms with van der Waals surface area (Å²) in [5.74, 6) is -0.278. The molecule has 5 nitrogen and oxygen atoms in total. The number of esters is 1. The zero-order valence-corrected chi connectivity index (χ0v) is 11.3. The molecule has 0 spiro atoms. The van der Waals surface area contributed by atoms with Crippen LogP contribution in [0.3, 0.4) is 0 Å². The average molecular weight is 257 g/mol. The van der Waals surface area contributed by atoms with E-state index in [1.807, 2.05) is 0 Å². The molecular formula is C13H23NO4. The topological polar surface area (TPSA) is 55.8 Å². The Bertz CT molecular complexity index is 274. The number of ether oxygens (including phenoxy) is 2. The van der Waals surface area contributed by atoms with E-state index in [2.05, 4.69) is 0 Å². The molecule has 1 saturated carbocycles. The molecule has 0 aromatic carbocycles. The summed E-state index contributed by atoms with van der Waals surface area (Å²) in [4.78, 5) is 25.1. The second-order valence-corrected chi connectivity index (χ2v) is 4.51. The number of methoxy groups -OCH3 is 1. The van der Waals surface area contributed by atoms with Gasteiger partial charge in [-0.1, -0.05) is 12.8 Å². The average Bonchev–Trinajstić information content (AvgIpc) is 2.83. The first-order valence-corrected chi connectivity index (χ1v) is 6.63. The van der Waals surface area contributed by atoms with E-state index in [4.69, 9.17) is 9.47 Å². The van der Waals surface area contributed by atoms with Gasteiger partial charge in [-0.3, -0.25) is 9.59 Å². The molecule has 0 radical (unpaired) electrons. The molecular weight excluding hydrogens is 234 g/mol. The van der Waals surface area contributed by atoms with Crippen LogP contribution in [-0.4, -0.2) is 49.7 Å². The number of amides is 1. The van der Waals surface area contributed by atoms with Gasteiger partial charge in [-0.05, 0) is 19.8 Å². The predicted octanol–water partition coefficient (Wildman–Crippen LogP) is 1.36. The molecule has 0 unspecified atom stereocenters. The molecule has 1 amide bonds. The lowest BCUT2D eigenvalue weighted by Gasteiger charge is -2.28. The van der Waals surface area contributed by atoms with Crippen molar-refractivity contribution in [1.29, 1.82) is 0 Å². The van der Waals surface area contributed by atoms with Crippen LogP contribution in [-0.2, 0) is 19.1 Å². The standard InChI is InChI=1S/C13H23NO4/c1-3-18-13(16)8-9-14(12(15)10-17-2)11-6-4-5-7-11/h11H,3-10H2,1-2H3. The fraction of sp³-hybridized carbons (Fsp3) is 0.846. The summed E-state index contributed by atoms with van der Waals surface area (Å²) in [5, 5.41) is 0. The first-order valence-electron chi connectivity index (χ1n) is 6.63. The van der Waals surface area contributed by atoms with Gasteiger partial charge in [0.15, 0.2) is 0 Å². The highest BCUT2D eigenvalue weighted by Crippen LogP contribution is 2.23. The smallest absolute Gasteiger partial charge is 0.307 e. The highest BCUT2D eigenvalue weighted by atomic mass is 16.5. The van der Waals surface area contributed by atoms with E-state index in [9.17, 15) is 9.59 Å². The maximum Gasteiger partial charge on any atom is 0.307 e. The summed E-state index contributed by atoms with van der Waals surface area (Å²) >= 11 is 0. The van der Waals surface area contributed by atoms with Gasteiger partial charge in [-0.2, -0.15) is 0 Å². The number of carbonyl (C=O) groups is 2. The molecule has 0 heterocycles. The summed E-state index contributed by atoms with van der Waals surface area (Å²) in [5.41, 5.74) is 0. The third kappa shape index (κ3) is 4.64. The SMILES string of the molecule is CCOC(=O)CCN(C(=O)COC)C1CCCC1. The molecule has 0 saturated heterocycles. The molecule has 104 valence electrons. The summed E-state index contributed by atoms with van der Waals surface area (Å²) in [7, 11) is 1.51. The number of carbonyl (C=O) groups excluding carboxylic acids is 2. The van der Waals surface area contributed by atoms with Gasteiger partial charge in [-0.15, -0.1) is 0 Å². The van der Waals surface area contributed by atoms with Crippen molar-refractivity contribution in [2.45, 2.75) is 45.1 Å². The van der Waals surface area contributed by atoms with E-state index in [-0.39, 0.29) is 30.9 Å². The zero-order valence-electron chi connectivity index (χ0n) is 11.3. The lowest BCUT2D eigenvalue weighted by Crippen LogP contribution is -2.42. The van der Waals surface area contributed by atoms with E-state index >= 15 is 0 Å². The monoisotopic (exact) mass is 257 g/mol. The van der Waals surface area contributed by atoms with Crippen molar-refractivity contribution in [2.75, 3.05) is 26.9 Å². The molecule has 18 heavy (non-hydrogen) atoms. The van der Waals surface area contributed by atoms with E-state index < -0.39 is 0 Å². The first-order chi connectivity index (χ1) is 8.69. The van der Waals surface area contributed by atoms with Crippen LogP contribution >= 0.6 is 0 Å². The molecule has 0 aromatic rings. The molecule has 1 fully saturated rings. The molecule has 5 heteroatoms. The van der Waals surface area contributed by atoms with Crippen molar-refractivity contribution in [3.05, 3.63) is 0 Å². The summed E-state index contributed by atoms with van der Waals surface area (Å²) in [6.45, 7) is 2.68. The summed E-state index contributed by atoms with van der Waals surface area (Å²) < 4.78 is 9.78. The molecule has 0 bridgehead atoms. The van der Waals surface area contributed by atoms with Crippen LogP contribution < -0.4 is 0 Å². The fourth-order valence-corrected chi connectivity index (χ4v) is 2.38. The van der Waals surface area contributed by atoms with Gasteiger partial charge in [0.1, 0.15) is 6.61 Å². The number of nitrogens with zero attached hydrogens (tertiary/aromatic N) is 1. The van der Waals surface area contributed by atoms with Crippen LogP contribution in [0.25, 0.3) is 0 Å². The van der Waals surface area contributed by atoms with Crippen LogP contribution in [0.1, 0.15) is 39.0 Å². The normalized spacial score (nSPS) is 15.7. The van der Waals surface area contributed by atoms with Crippen LogP contribution in [0.2, 0.25) is 0 Å². The highest BCUT2D eigenvalue weighted by Gasteiger charge is 2.26. The minimum Gasteiger partial charge on any atom is -0.466 e. The van der Waals surface area contributed by atoms with Crippen molar-refractivity contribution in [2.24, 2.45) is 0 Å². The molecule has 1 rings (SSSR count). The lowest BCUT2D eigenvalue weighted by atomic mass is 10.2. The number of hydrogen-bond acceptors (Lipinski definition) is 4. The molecule has 1 aliphatic carbocycles. The van der Waals surface area contributed by atoms with Crippen molar-refractivity contribution in [1.82, 2.24) is 4.90 Å². The second-order valence-electron chi connectivity index (χ2n) is 4.51. The maximum absolute atomic E-state index is 11.9. The van der Waals surface area contributed by atoms with Crippen LogP contribution in [0.15, 0.2) is 0 Å². The molecule has 0 aromatic heterocycles. The molecule has 0 N–H and O–H groups in total. The zero-order chi connectivity index (χ0) is 13.4. The van der Waals surface area contributed by atoms with E-state index in [1.165, 1.54) is 7.11 Å². The molecule has 1 aliphatic rings. The Hall–Kier alpha value is -1.10.